The quantitative estimate of drug-likeness (QED) is 0.827. The molecule has 1 aromatic carbocycles. The van der Waals surface area contributed by atoms with Crippen LogP contribution in [0.25, 0.3) is 0 Å². The van der Waals surface area contributed by atoms with Gasteiger partial charge in [0.25, 0.3) is 0 Å². The lowest BCUT2D eigenvalue weighted by atomic mass is 10.1. The number of nitrogens with one attached hydrogen (secondary N) is 1. The second-order valence-electron chi connectivity index (χ2n) is 4.83. The van der Waals surface area contributed by atoms with Crippen LogP contribution in [0, 0.1) is 0 Å². The molecule has 1 amide bonds. The molecule has 1 aliphatic heterocycles. The Morgan fingerprint density at radius 2 is 1.90 bits per heavy atom. The Morgan fingerprint density at radius 1 is 1.14 bits per heavy atom. The molecule has 0 fully saturated rings. The number of hydrogen-bond donors (Lipinski definition) is 2. The average Bonchev–Trinajstić information content (AvgIpc) is 2.69. The molecule has 2 N–H and O–H groups in total. The van der Waals surface area contributed by atoms with E-state index in [4.69, 9.17) is 14.6 Å². The van der Waals surface area contributed by atoms with Crippen LogP contribution < -0.4 is 14.8 Å². The van der Waals surface area contributed by atoms with E-state index < -0.39 is 5.97 Å². The van der Waals surface area contributed by atoms with Crippen LogP contribution in [0.3, 0.4) is 0 Å². The highest BCUT2D eigenvalue weighted by Crippen LogP contribution is 2.30. The topological polar surface area (TPSA) is 84.9 Å². The average molecular weight is 293 g/mol. The first-order valence-corrected chi connectivity index (χ1v) is 7.02. The van der Waals surface area contributed by atoms with Crippen molar-refractivity contribution in [1.29, 1.82) is 0 Å². The lowest BCUT2D eigenvalue weighted by Crippen LogP contribution is -2.26. The number of benzene rings is 1. The standard InChI is InChI=1S/C15H19NO5/c17-14(16-7-6-15(18)19)5-3-11-2-4-12-13(10-11)21-9-1-8-20-12/h2,4,10H,1,3,5-9H2,(H,16,17)(H,18,19). The van der Waals surface area contributed by atoms with Crippen LogP contribution in [0.5, 0.6) is 11.5 Å². The Labute approximate surface area is 123 Å². The van der Waals surface area contributed by atoms with Gasteiger partial charge in [0.1, 0.15) is 0 Å². The summed E-state index contributed by atoms with van der Waals surface area (Å²) in [6.45, 7) is 1.44. The van der Waals surface area contributed by atoms with Gasteiger partial charge in [-0.15, -0.1) is 0 Å². The molecular weight excluding hydrogens is 274 g/mol. The molecule has 114 valence electrons. The maximum atomic E-state index is 11.6. The second-order valence-corrected chi connectivity index (χ2v) is 4.83. The monoisotopic (exact) mass is 293 g/mol. The molecule has 0 unspecified atom stereocenters. The lowest BCUT2D eigenvalue weighted by Gasteiger charge is -2.09. The Morgan fingerprint density at radius 3 is 2.67 bits per heavy atom. The van der Waals surface area contributed by atoms with Crippen molar-refractivity contribution in [3.8, 4) is 11.5 Å². The van der Waals surface area contributed by atoms with Gasteiger partial charge in [0, 0.05) is 19.4 Å². The molecule has 0 radical (unpaired) electrons. The number of hydrogen-bond acceptors (Lipinski definition) is 4. The zero-order valence-corrected chi connectivity index (χ0v) is 11.8. The van der Waals surface area contributed by atoms with Crippen molar-refractivity contribution >= 4 is 11.9 Å². The summed E-state index contributed by atoms with van der Waals surface area (Å²) in [6.07, 6.45) is 1.70. The Kier molecular flexibility index (Phi) is 5.43. The summed E-state index contributed by atoms with van der Waals surface area (Å²) in [6, 6.07) is 5.67. The largest absolute Gasteiger partial charge is 0.490 e. The van der Waals surface area contributed by atoms with Gasteiger partial charge in [0.2, 0.25) is 5.91 Å². The third kappa shape index (κ3) is 4.98. The van der Waals surface area contributed by atoms with Gasteiger partial charge in [0.05, 0.1) is 19.6 Å². The number of rotatable bonds is 6. The van der Waals surface area contributed by atoms with E-state index in [2.05, 4.69) is 5.32 Å². The molecule has 6 nitrogen and oxygen atoms in total. The third-order valence-corrected chi connectivity index (χ3v) is 3.11. The Hall–Kier alpha value is -2.24. The van der Waals surface area contributed by atoms with Gasteiger partial charge in [-0.3, -0.25) is 9.59 Å². The molecule has 6 heteroatoms. The SMILES string of the molecule is O=C(O)CCNC(=O)CCc1ccc2c(c1)OCCCO2. The molecule has 0 atom stereocenters. The van der Waals surface area contributed by atoms with Gasteiger partial charge >= 0.3 is 5.97 Å². The van der Waals surface area contributed by atoms with E-state index in [1.807, 2.05) is 18.2 Å². The minimum Gasteiger partial charge on any atom is -0.490 e. The fraction of sp³-hybridized carbons (Fsp3) is 0.467. The van der Waals surface area contributed by atoms with Crippen LogP contribution >= 0.6 is 0 Å². The fourth-order valence-corrected chi connectivity index (χ4v) is 2.02. The maximum Gasteiger partial charge on any atom is 0.305 e. The normalized spacial score (nSPS) is 13.3. The summed E-state index contributed by atoms with van der Waals surface area (Å²) in [7, 11) is 0. The van der Waals surface area contributed by atoms with Crippen molar-refractivity contribution < 1.29 is 24.2 Å². The summed E-state index contributed by atoms with van der Waals surface area (Å²) in [5, 5.41) is 11.1. The van der Waals surface area contributed by atoms with Crippen LogP contribution in [-0.4, -0.2) is 36.7 Å². The summed E-state index contributed by atoms with van der Waals surface area (Å²) in [5.74, 6) is 0.389. The van der Waals surface area contributed by atoms with Crippen LogP contribution in [0.15, 0.2) is 18.2 Å². The van der Waals surface area contributed by atoms with Crippen molar-refractivity contribution in [2.24, 2.45) is 0 Å². The van der Waals surface area contributed by atoms with E-state index in [0.717, 1.165) is 23.5 Å². The second kappa shape index (κ2) is 7.52. The molecular formula is C15H19NO5. The van der Waals surface area contributed by atoms with Crippen molar-refractivity contribution in [3.05, 3.63) is 23.8 Å². The number of ether oxygens (including phenoxy) is 2. The number of fused-ring (bicyclic) bond motifs is 1. The van der Waals surface area contributed by atoms with Crippen LogP contribution in [0.4, 0.5) is 0 Å². The molecule has 0 aliphatic carbocycles. The summed E-state index contributed by atoms with van der Waals surface area (Å²) >= 11 is 0. The van der Waals surface area contributed by atoms with Crippen LogP contribution in [0.1, 0.15) is 24.8 Å². The number of carboxylic acids is 1. The first-order valence-electron chi connectivity index (χ1n) is 7.02. The van der Waals surface area contributed by atoms with Gasteiger partial charge in [-0.2, -0.15) is 0 Å². The molecule has 21 heavy (non-hydrogen) atoms. The highest BCUT2D eigenvalue weighted by Gasteiger charge is 2.11. The molecule has 1 aromatic rings. The van der Waals surface area contributed by atoms with Gasteiger partial charge < -0.3 is 19.9 Å². The number of carbonyl (C=O) groups is 2. The number of aliphatic carboxylic acids is 1. The van der Waals surface area contributed by atoms with Crippen molar-refractivity contribution in [3.63, 3.8) is 0 Å². The van der Waals surface area contributed by atoms with E-state index in [1.54, 1.807) is 0 Å². The molecule has 0 spiro atoms. The van der Waals surface area contributed by atoms with E-state index >= 15 is 0 Å². The summed E-state index contributed by atoms with van der Waals surface area (Å²) < 4.78 is 11.1. The van der Waals surface area contributed by atoms with Crippen LogP contribution in [0.2, 0.25) is 0 Å². The van der Waals surface area contributed by atoms with Gasteiger partial charge in [-0.1, -0.05) is 6.07 Å². The lowest BCUT2D eigenvalue weighted by molar-refractivity contribution is -0.136. The molecule has 1 heterocycles. The molecule has 0 saturated heterocycles. The van der Waals surface area contributed by atoms with E-state index in [9.17, 15) is 9.59 Å². The number of aryl methyl sites for hydroxylation is 1. The maximum absolute atomic E-state index is 11.6. The minimum absolute atomic E-state index is 0.0598. The molecule has 0 saturated carbocycles. The Bertz CT molecular complexity index is 515. The Balaban J connectivity index is 1.81. The van der Waals surface area contributed by atoms with E-state index in [0.29, 0.717) is 26.1 Å². The predicted molar refractivity (Wildman–Crippen MR) is 75.6 cm³/mol. The first kappa shape index (κ1) is 15.2. The molecule has 0 aromatic heterocycles. The number of carbonyl (C=O) groups excluding carboxylic acids is 1. The van der Waals surface area contributed by atoms with Crippen LogP contribution in [-0.2, 0) is 16.0 Å². The van der Waals surface area contributed by atoms with Crippen molar-refractivity contribution in [1.82, 2.24) is 5.32 Å². The first-order chi connectivity index (χ1) is 10.1. The molecule has 0 bridgehead atoms. The summed E-state index contributed by atoms with van der Waals surface area (Å²) in [4.78, 5) is 21.9. The van der Waals surface area contributed by atoms with Crippen molar-refractivity contribution in [2.45, 2.75) is 25.7 Å². The predicted octanol–water partition coefficient (Wildman–Crippen LogP) is 1.37. The minimum atomic E-state index is -0.918. The number of amides is 1. The zero-order valence-electron chi connectivity index (χ0n) is 11.8. The van der Waals surface area contributed by atoms with Gasteiger partial charge in [-0.05, 0) is 24.1 Å². The fourth-order valence-electron chi connectivity index (χ4n) is 2.02. The third-order valence-electron chi connectivity index (χ3n) is 3.11. The zero-order chi connectivity index (χ0) is 15.1. The van der Waals surface area contributed by atoms with Gasteiger partial charge in [0.15, 0.2) is 11.5 Å². The van der Waals surface area contributed by atoms with Crippen molar-refractivity contribution in [2.75, 3.05) is 19.8 Å². The highest BCUT2D eigenvalue weighted by molar-refractivity contribution is 5.77. The van der Waals surface area contributed by atoms with Gasteiger partial charge in [-0.25, -0.2) is 0 Å². The summed E-state index contributed by atoms with van der Waals surface area (Å²) in [5.41, 5.74) is 0.993. The van der Waals surface area contributed by atoms with E-state index in [1.165, 1.54) is 0 Å². The van der Waals surface area contributed by atoms with E-state index in [-0.39, 0.29) is 18.9 Å². The highest BCUT2D eigenvalue weighted by atomic mass is 16.5. The smallest absolute Gasteiger partial charge is 0.305 e. The number of carboxylic acid groups (broad SMARTS) is 1. The molecule has 1 aliphatic rings. The molecule has 2 rings (SSSR count).